The number of alkyl halides is 1. The summed E-state index contributed by atoms with van der Waals surface area (Å²) in [5.74, 6) is -1.40. The van der Waals surface area contributed by atoms with Crippen molar-refractivity contribution in [2.45, 2.75) is 31.9 Å². The van der Waals surface area contributed by atoms with Gasteiger partial charge in [-0.2, -0.15) is 0 Å². The van der Waals surface area contributed by atoms with Crippen molar-refractivity contribution in [2.24, 2.45) is 4.99 Å². The number of methoxy groups -OCH3 is 2. The summed E-state index contributed by atoms with van der Waals surface area (Å²) in [7, 11) is 2.47. The van der Waals surface area contributed by atoms with Gasteiger partial charge in [0.25, 0.3) is 0 Å². The van der Waals surface area contributed by atoms with E-state index in [0.29, 0.717) is 10.6 Å². The van der Waals surface area contributed by atoms with Crippen LogP contribution in [0.2, 0.25) is 5.02 Å². The number of aliphatic imine (C=N–C) groups is 1. The van der Waals surface area contributed by atoms with Gasteiger partial charge >= 0.3 is 11.9 Å². The van der Waals surface area contributed by atoms with Crippen molar-refractivity contribution in [3.05, 3.63) is 46.0 Å². The molecule has 1 aromatic rings. The Bertz CT molecular complexity index is 810. The van der Waals surface area contributed by atoms with E-state index in [1.807, 2.05) is 20.8 Å². The van der Waals surface area contributed by atoms with Gasteiger partial charge in [-0.15, -0.1) is 0 Å². The van der Waals surface area contributed by atoms with Gasteiger partial charge < -0.3 is 14.2 Å². The van der Waals surface area contributed by atoms with Gasteiger partial charge in [0.1, 0.15) is 11.1 Å². The van der Waals surface area contributed by atoms with Gasteiger partial charge in [-0.25, -0.2) is 14.6 Å². The van der Waals surface area contributed by atoms with Crippen molar-refractivity contribution < 1.29 is 23.8 Å². The smallest absolute Gasteiger partial charge is 0.344 e. The number of halogens is 2. The molecule has 1 atom stereocenters. The monoisotopic (exact) mass is 457 g/mol. The van der Waals surface area contributed by atoms with Crippen molar-refractivity contribution in [1.82, 2.24) is 0 Å². The van der Waals surface area contributed by atoms with Crippen LogP contribution in [0.5, 0.6) is 0 Å². The van der Waals surface area contributed by atoms with E-state index in [9.17, 15) is 9.59 Å². The minimum atomic E-state index is -1.31. The molecule has 1 unspecified atom stereocenters. The molecular weight excluding hydrogens is 438 g/mol. The van der Waals surface area contributed by atoms with E-state index < -0.39 is 23.1 Å². The predicted octanol–water partition coefficient (Wildman–Crippen LogP) is 3.80. The molecule has 0 fully saturated rings. The maximum absolute atomic E-state index is 12.7. The van der Waals surface area contributed by atoms with Crippen LogP contribution in [0.4, 0.5) is 0 Å². The first-order valence-corrected chi connectivity index (χ1v) is 9.62. The number of benzene rings is 1. The highest BCUT2D eigenvalue weighted by atomic mass is 79.9. The largest absolute Gasteiger partial charge is 0.466 e. The molecule has 8 heteroatoms. The van der Waals surface area contributed by atoms with E-state index in [1.54, 1.807) is 24.3 Å². The van der Waals surface area contributed by atoms with Crippen molar-refractivity contribution in [3.8, 4) is 0 Å². The molecule has 6 nitrogen and oxygen atoms in total. The minimum absolute atomic E-state index is 0.0269. The molecule has 1 aliphatic rings. The third-order valence-corrected chi connectivity index (χ3v) is 4.89. The molecule has 0 radical (unpaired) electrons. The topological polar surface area (TPSA) is 74.2 Å². The summed E-state index contributed by atoms with van der Waals surface area (Å²) in [6.07, 6.45) is 0. The first-order valence-electron chi connectivity index (χ1n) is 8.12. The Morgan fingerprint density at radius 2 is 1.70 bits per heavy atom. The highest BCUT2D eigenvalue weighted by Crippen LogP contribution is 2.45. The molecule has 0 saturated carbocycles. The van der Waals surface area contributed by atoms with Crippen molar-refractivity contribution in [2.75, 3.05) is 19.5 Å². The Labute approximate surface area is 171 Å². The zero-order chi connectivity index (χ0) is 20.4. The number of ether oxygens (including phenoxy) is 3. The third-order valence-electron chi connectivity index (χ3n) is 3.85. The summed E-state index contributed by atoms with van der Waals surface area (Å²) >= 11 is 9.42. The second-order valence-electron chi connectivity index (χ2n) is 6.89. The van der Waals surface area contributed by atoms with Crippen LogP contribution in [0.15, 0.2) is 40.4 Å². The van der Waals surface area contributed by atoms with Gasteiger partial charge in [0, 0.05) is 10.6 Å². The summed E-state index contributed by atoms with van der Waals surface area (Å²) in [6, 6.07) is 6.80. The SMILES string of the molecule is COC(=O)C1=C(C(=O)OC)C(CBr)(c2ccc(Cl)cc2)OC1=NC(C)(C)C. The number of rotatable bonds is 4. The van der Waals surface area contributed by atoms with Crippen LogP contribution < -0.4 is 0 Å². The number of esters is 2. The lowest BCUT2D eigenvalue weighted by Crippen LogP contribution is -2.35. The molecule has 1 aromatic carbocycles. The summed E-state index contributed by atoms with van der Waals surface area (Å²) in [4.78, 5) is 29.7. The molecule has 0 aromatic heterocycles. The van der Waals surface area contributed by atoms with Gasteiger partial charge in [-0.05, 0) is 32.9 Å². The summed E-state index contributed by atoms with van der Waals surface area (Å²) < 4.78 is 16.0. The highest BCUT2D eigenvalue weighted by molar-refractivity contribution is 9.09. The van der Waals surface area contributed by atoms with Crippen LogP contribution in [-0.4, -0.2) is 42.9 Å². The predicted molar refractivity (Wildman–Crippen MR) is 106 cm³/mol. The van der Waals surface area contributed by atoms with Crippen LogP contribution >= 0.6 is 27.5 Å². The number of nitrogens with zero attached hydrogens (tertiary/aromatic N) is 1. The molecule has 27 heavy (non-hydrogen) atoms. The molecule has 1 aliphatic heterocycles. The molecule has 146 valence electrons. The molecule has 2 rings (SSSR count). The van der Waals surface area contributed by atoms with Gasteiger partial charge in [-0.1, -0.05) is 39.7 Å². The maximum Gasteiger partial charge on any atom is 0.344 e. The molecule has 0 N–H and O–H groups in total. The lowest BCUT2D eigenvalue weighted by molar-refractivity contribution is -0.139. The zero-order valence-corrected chi connectivity index (χ0v) is 18.1. The molecule has 0 saturated heterocycles. The Kier molecular flexibility index (Phi) is 6.37. The van der Waals surface area contributed by atoms with E-state index in [-0.39, 0.29) is 22.4 Å². The van der Waals surface area contributed by atoms with Crippen LogP contribution in [0.3, 0.4) is 0 Å². The van der Waals surface area contributed by atoms with E-state index in [0.717, 1.165) is 0 Å². The maximum atomic E-state index is 12.7. The fourth-order valence-corrected chi connectivity index (χ4v) is 3.56. The van der Waals surface area contributed by atoms with Crippen LogP contribution in [-0.2, 0) is 29.4 Å². The number of carbonyl (C=O) groups is 2. The van der Waals surface area contributed by atoms with E-state index in [4.69, 9.17) is 25.8 Å². The normalized spacial score (nSPS) is 21.2. The van der Waals surface area contributed by atoms with Crippen molar-refractivity contribution >= 4 is 45.4 Å². The van der Waals surface area contributed by atoms with Crippen LogP contribution in [0.1, 0.15) is 26.3 Å². The summed E-state index contributed by atoms with van der Waals surface area (Å²) in [6.45, 7) is 5.56. The van der Waals surface area contributed by atoms with Crippen molar-refractivity contribution in [3.63, 3.8) is 0 Å². The standard InChI is InChI=1S/C19H21BrClNO5/c1-18(2,3)22-15-13(16(23)25-4)14(17(24)26-5)19(10-20,27-15)11-6-8-12(21)9-7-11/h6-9H,10H2,1-5H3. The van der Waals surface area contributed by atoms with Gasteiger partial charge in [0.05, 0.1) is 25.1 Å². The average molecular weight is 459 g/mol. The molecule has 0 bridgehead atoms. The fourth-order valence-electron chi connectivity index (χ4n) is 2.71. The van der Waals surface area contributed by atoms with Crippen molar-refractivity contribution in [1.29, 1.82) is 0 Å². The minimum Gasteiger partial charge on any atom is -0.466 e. The average Bonchev–Trinajstić information content (AvgIpc) is 2.94. The fraction of sp³-hybridized carbons (Fsp3) is 0.421. The Balaban J connectivity index is 2.85. The highest BCUT2D eigenvalue weighted by Gasteiger charge is 2.53. The van der Waals surface area contributed by atoms with Crippen LogP contribution in [0, 0.1) is 0 Å². The van der Waals surface area contributed by atoms with Gasteiger partial charge in [-0.3, -0.25) is 0 Å². The molecule has 0 aliphatic carbocycles. The number of hydrogen-bond acceptors (Lipinski definition) is 6. The number of carbonyl (C=O) groups excluding carboxylic acids is 2. The number of hydrogen-bond donors (Lipinski definition) is 0. The van der Waals surface area contributed by atoms with E-state index in [1.165, 1.54) is 14.2 Å². The van der Waals surface area contributed by atoms with Crippen LogP contribution in [0.25, 0.3) is 0 Å². The Morgan fingerprint density at radius 3 is 2.15 bits per heavy atom. The first kappa shape index (κ1) is 21.4. The zero-order valence-electron chi connectivity index (χ0n) is 15.8. The molecule has 0 amide bonds. The first-order chi connectivity index (χ1) is 12.6. The Hall–Kier alpha value is -1.86. The lowest BCUT2D eigenvalue weighted by Gasteiger charge is -2.29. The van der Waals surface area contributed by atoms with Gasteiger partial charge in [0.15, 0.2) is 5.60 Å². The van der Waals surface area contributed by atoms with E-state index in [2.05, 4.69) is 20.9 Å². The second-order valence-corrected chi connectivity index (χ2v) is 7.89. The van der Waals surface area contributed by atoms with Gasteiger partial charge in [0.2, 0.25) is 5.90 Å². The Morgan fingerprint density at radius 1 is 1.15 bits per heavy atom. The second kappa shape index (κ2) is 8.02. The molecule has 0 spiro atoms. The summed E-state index contributed by atoms with van der Waals surface area (Å²) in [5, 5.41) is 0.706. The quantitative estimate of drug-likeness (QED) is 0.507. The summed E-state index contributed by atoms with van der Waals surface area (Å²) in [5.41, 5.74) is -1.28. The molecular formula is C19H21BrClNO5. The molecule has 1 heterocycles. The third kappa shape index (κ3) is 4.19. The lowest BCUT2D eigenvalue weighted by atomic mass is 9.86. The van der Waals surface area contributed by atoms with E-state index >= 15 is 0 Å².